The highest BCUT2D eigenvalue weighted by molar-refractivity contribution is 5.98. The molecule has 0 aliphatic heterocycles. The average molecular weight is 376 g/mol. The van der Waals surface area contributed by atoms with E-state index in [4.69, 9.17) is 5.73 Å². The maximum absolute atomic E-state index is 12.8. The quantitative estimate of drug-likeness (QED) is 0.476. The van der Waals surface area contributed by atoms with Crippen LogP contribution in [0.25, 0.3) is 11.5 Å². The number of aromatic nitrogens is 5. The summed E-state index contributed by atoms with van der Waals surface area (Å²) >= 11 is 0. The van der Waals surface area contributed by atoms with Gasteiger partial charge in [-0.3, -0.25) is 14.2 Å². The van der Waals surface area contributed by atoms with Crippen LogP contribution in [0.15, 0.2) is 59.8 Å². The molecule has 1 amide bonds. The summed E-state index contributed by atoms with van der Waals surface area (Å²) in [7, 11) is 1.71. The lowest BCUT2D eigenvalue weighted by atomic mass is 10.3. The molecule has 0 spiro atoms. The molecule has 0 aromatic carbocycles. The summed E-state index contributed by atoms with van der Waals surface area (Å²) in [6.45, 7) is 0. The van der Waals surface area contributed by atoms with Crippen molar-refractivity contribution in [3.8, 4) is 5.82 Å². The molecule has 0 aliphatic rings. The van der Waals surface area contributed by atoms with E-state index in [-0.39, 0.29) is 16.8 Å². The Kier molecular flexibility index (Phi) is 4.20. The van der Waals surface area contributed by atoms with Gasteiger partial charge in [0.1, 0.15) is 28.7 Å². The normalized spacial score (nSPS) is 10.8. The van der Waals surface area contributed by atoms with Gasteiger partial charge in [0.15, 0.2) is 5.65 Å². The molecule has 0 saturated carbocycles. The van der Waals surface area contributed by atoms with Crippen molar-refractivity contribution < 1.29 is 4.79 Å². The van der Waals surface area contributed by atoms with E-state index in [0.29, 0.717) is 23.1 Å². The fourth-order valence-electron chi connectivity index (χ4n) is 2.78. The number of primary amides is 1. The molecule has 28 heavy (non-hydrogen) atoms. The molecule has 4 rings (SSSR count). The minimum absolute atomic E-state index is 0.180. The lowest BCUT2D eigenvalue weighted by Gasteiger charge is -2.11. The van der Waals surface area contributed by atoms with Crippen molar-refractivity contribution in [1.29, 1.82) is 0 Å². The fraction of sp³-hybridized carbons (Fsp3) is 0.0556. The van der Waals surface area contributed by atoms with E-state index in [1.54, 1.807) is 55.8 Å². The first-order valence-electron chi connectivity index (χ1n) is 8.35. The number of rotatable bonds is 5. The highest BCUT2D eigenvalue weighted by atomic mass is 16.1. The Morgan fingerprint density at radius 3 is 2.79 bits per heavy atom. The van der Waals surface area contributed by atoms with Gasteiger partial charge in [0.05, 0.1) is 6.20 Å². The van der Waals surface area contributed by atoms with Gasteiger partial charge in [-0.1, -0.05) is 6.07 Å². The summed E-state index contributed by atoms with van der Waals surface area (Å²) < 4.78 is 2.88. The minimum Gasteiger partial charge on any atom is -0.373 e. The third-order valence-electron chi connectivity index (χ3n) is 4.10. The van der Waals surface area contributed by atoms with Crippen LogP contribution >= 0.6 is 0 Å². The second-order valence-corrected chi connectivity index (χ2v) is 5.84. The van der Waals surface area contributed by atoms with Crippen LogP contribution in [0.1, 0.15) is 10.4 Å². The zero-order valence-electron chi connectivity index (χ0n) is 14.8. The maximum atomic E-state index is 12.8. The third-order valence-corrected chi connectivity index (χ3v) is 4.10. The molecule has 0 bridgehead atoms. The van der Waals surface area contributed by atoms with Gasteiger partial charge in [0.2, 0.25) is 0 Å². The topological polar surface area (TPSA) is 132 Å². The Bertz CT molecular complexity index is 1230. The number of nitrogens with two attached hydrogens (primary N) is 1. The second kappa shape index (κ2) is 6.83. The largest absolute Gasteiger partial charge is 0.373 e. The summed E-state index contributed by atoms with van der Waals surface area (Å²) in [4.78, 5) is 33.1. The van der Waals surface area contributed by atoms with Gasteiger partial charge in [-0.25, -0.2) is 9.97 Å². The van der Waals surface area contributed by atoms with E-state index >= 15 is 0 Å². The molecule has 4 aromatic heterocycles. The standard InChI is InChI=1S/C18H16N8O2/c1-20-15-9-13(24-17-11(16(19)27)10-22-26(15)17)23-12-5-4-8-25(18(12)28)14-6-2-3-7-21-14/h2-10,20H,1H3,(H2,19,27)(H,23,24). The van der Waals surface area contributed by atoms with Gasteiger partial charge >= 0.3 is 0 Å². The Balaban J connectivity index is 1.80. The van der Waals surface area contributed by atoms with Crippen molar-refractivity contribution >= 4 is 28.9 Å². The predicted octanol–water partition coefficient (Wildman–Crippen LogP) is 1.16. The van der Waals surface area contributed by atoms with Crippen molar-refractivity contribution in [2.45, 2.75) is 0 Å². The molecule has 10 nitrogen and oxygen atoms in total. The molecule has 10 heteroatoms. The van der Waals surface area contributed by atoms with Crippen LogP contribution < -0.4 is 21.9 Å². The number of carbonyl (C=O) groups excluding carboxylic acids is 1. The second-order valence-electron chi connectivity index (χ2n) is 5.84. The van der Waals surface area contributed by atoms with E-state index in [1.165, 1.54) is 15.3 Å². The molecule has 0 fully saturated rings. The molecule has 4 heterocycles. The third kappa shape index (κ3) is 2.92. The number of nitrogens with one attached hydrogen (secondary N) is 2. The zero-order chi connectivity index (χ0) is 19.7. The van der Waals surface area contributed by atoms with Gasteiger partial charge in [0, 0.05) is 25.5 Å². The van der Waals surface area contributed by atoms with Crippen LogP contribution in [0.3, 0.4) is 0 Å². The number of amides is 1. The summed E-state index contributed by atoms with van der Waals surface area (Å²) in [5.74, 6) is 0.790. The van der Waals surface area contributed by atoms with Gasteiger partial charge in [-0.05, 0) is 24.3 Å². The molecule has 0 atom stereocenters. The lowest BCUT2D eigenvalue weighted by Crippen LogP contribution is -2.21. The number of carbonyl (C=O) groups is 1. The summed E-state index contributed by atoms with van der Waals surface area (Å²) in [6, 6.07) is 10.3. The highest BCUT2D eigenvalue weighted by Gasteiger charge is 2.15. The molecule has 140 valence electrons. The first kappa shape index (κ1) is 17.2. The van der Waals surface area contributed by atoms with Crippen LogP contribution in [-0.4, -0.2) is 37.1 Å². The number of pyridine rings is 2. The molecule has 4 N–H and O–H groups in total. The summed E-state index contributed by atoms with van der Waals surface area (Å²) in [5.41, 5.74) is 5.86. The van der Waals surface area contributed by atoms with E-state index in [9.17, 15) is 9.59 Å². The molecule has 0 unspecified atom stereocenters. The van der Waals surface area contributed by atoms with Crippen LogP contribution in [0.4, 0.5) is 17.3 Å². The Morgan fingerprint density at radius 2 is 2.07 bits per heavy atom. The van der Waals surface area contributed by atoms with Crippen LogP contribution in [0.5, 0.6) is 0 Å². The average Bonchev–Trinajstić information content (AvgIpc) is 3.14. The first-order valence-corrected chi connectivity index (χ1v) is 8.35. The van der Waals surface area contributed by atoms with Gasteiger partial charge in [-0.15, -0.1) is 0 Å². The minimum atomic E-state index is -0.640. The van der Waals surface area contributed by atoms with Crippen molar-refractivity contribution in [2.75, 3.05) is 17.7 Å². The first-order chi connectivity index (χ1) is 13.6. The predicted molar refractivity (Wildman–Crippen MR) is 104 cm³/mol. The van der Waals surface area contributed by atoms with E-state index in [1.807, 2.05) is 0 Å². The van der Waals surface area contributed by atoms with Gasteiger partial charge in [-0.2, -0.15) is 9.61 Å². The van der Waals surface area contributed by atoms with E-state index in [0.717, 1.165) is 0 Å². The van der Waals surface area contributed by atoms with Gasteiger partial charge in [0.25, 0.3) is 11.5 Å². The number of hydrogen-bond donors (Lipinski definition) is 3. The van der Waals surface area contributed by atoms with Crippen molar-refractivity contribution in [1.82, 2.24) is 24.1 Å². The lowest BCUT2D eigenvalue weighted by molar-refractivity contribution is 0.100. The molecule has 0 aliphatic carbocycles. The molecule has 4 aromatic rings. The molecular formula is C18H16N8O2. The number of nitrogens with zero attached hydrogens (tertiary/aromatic N) is 5. The smallest absolute Gasteiger partial charge is 0.279 e. The SMILES string of the molecule is CNc1cc(Nc2cccn(-c3ccccn3)c2=O)nc2c(C(N)=O)cnn12. The Hall–Kier alpha value is -4.21. The number of hydrogen-bond acceptors (Lipinski definition) is 7. The molecule has 0 saturated heterocycles. The Morgan fingerprint density at radius 1 is 1.21 bits per heavy atom. The monoisotopic (exact) mass is 376 g/mol. The summed E-state index contributed by atoms with van der Waals surface area (Å²) in [5, 5.41) is 10.1. The number of fused-ring (bicyclic) bond motifs is 1. The van der Waals surface area contributed by atoms with Crippen LogP contribution in [0, 0.1) is 0 Å². The molecular weight excluding hydrogens is 360 g/mol. The molecule has 0 radical (unpaired) electrons. The van der Waals surface area contributed by atoms with Crippen molar-refractivity contribution in [3.05, 3.63) is 70.9 Å². The van der Waals surface area contributed by atoms with Gasteiger partial charge < -0.3 is 16.4 Å². The van der Waals surface area contributed by atoms with Crippen molar-refractivity contribution in [3.63, 3.8) is 0 Å². The van der Waals surface area contributed by atoms with E-state index < -0.39 is 5.91 Å². The van der Waals surface area contributed by atoms with E-state index in [2.05, 4.69) is 25.7 Å². The fourth-order valence-corrected chi connectivity index (χ4v) is 2.78. The maximum Gasteiger partial charge on any atom is 0.279 e. The number of anilines is 3. The highest BCUT2D eigenvalue weighted by Crippen LogP contribution is 2.20. The van der Waals surface area contributed by atoms with Crippen molar-refractivity contribution in [2.24, 2.45) is 5.73 Å². The van der Waals surface area contributed by atoms with Crippen LogP contribution in [-0.2, 0) is 0 Å². The zero-order valence-corrected chi connectivity index (χ0v) is 14.8. The Labute approximate surface area is 158 Å². The van der Waals surface area contributed by atoms with Crippen LogP contribution in [0.2, 0.25) is 0 Å². The summed E-state index contributed by atoms with van der Waals surface area (Å²) in [6.07, 6.45) is 4.60.